The summed E-state index contributed by atoms with van der Waals surface area (Å²) in [5, 5.41) is 3.24. The Morgan fingerprint density at radius 1 is 1.17 bits per heavy atom. The molecule has 2 amide bonds. The van der Waals surface area contributed by atoms with Crippen LogP contribution >= 0.6 is 0 Å². The van der Waals surface area contributed by atoms with Gasteiger partial charge in [-0.1, -0.05) is 13.8 Å². The molecule has 1 heterocycles. The molecule has 0 radical (unpaired) electrons. The molecule has 0 spiro atoms. The molecule has 4 aliphatic carbocycles. The zero-order chi connectivity index (χ0) is 17.0. The Kier molecular flexibility index (Phi) is 3.74. The topological polar surface area (TPSA) is 49.4 Å². The first-order chi connectivity index (χ1) is 11.3. The molecular formula is C20H32N2O2. The molecule has 134 valence electrons. The van der Waals surface area contributed by atoms with E-state index in [2.05, 4.69) is 19.2 Å². The average molecular weight is 332 g/mol. The molecule has 4 bridgehead atoms. The smallest absolute Gasteiger partial charge is 0.226 e. The molecule has 0 aromatic heterocycles. The molecule has 4 heteroatoms. The number of likely N-dealkylation sites (tertiary alicyclic amines) is 1. The average Bonchev–Trinajstić information content (AvgIpc) is 2.85. The van der Waals surface area contributed by atoms with E-state index in [0.29, 0.717) is 29.7 Å². The highest BCUT2D eigenvalue weighted by atomic mass is 16.2. The van der Waals surface area contributed by atoms with Crippen LogP contribution in [0.15, 0.2) is 0 Å². The van der Waals surface area contributed by atoms with E-state index in [1.807, 2.05) is 4.90 Å². The number of carbonyl (C=O) groups excluding carboxylic acids is 2. The molecule has 2 atom stereocenters. The van der Waals surface area contributed by atoms with E-state index in [0.717, 1.165) is 51.1 Å². The van der Waals surface area contributed by atoms with Crippen LogP contribution in [0.3, 0.4) is 0 Å². The van der Waals surface area contributed by atoms with Crippen molar-refractivity contribution in [1.29, 1.82) is 0 Å². The van der Waals surface area contributed by atoms with Gasteiger partial charge in [0.05, 0.1) is 5.41 Å². The van der Waals surface area contributed by atoms with E-state index >= 15 is 0 Å². The second-order valence-corrected chi connectivity index (χ2v) is 10.0. The Morgan fingerprint density at radius 2 is 1.88 bits per heavy atom. The second-order valence-electron chi connectivity index (χ2n) is 10.0. The Hall–Kier alpha value is -1.06. The third-order valence-electron chi connectivity index (χ3n) is 7.17. The van der Waals surface area contributed by atoms with Gasteiger partial charge in [-0.25, -0.2) is 0 Å². The molecule has 4 saturated carbocycles. The highest BCUT2D eigenvalue weighted by molar-refractivity contribution is 5.83. The van der Waals surface area contributed by atoms with Crippen molar-refractivity contribution >= 4 is 11.8 Å². The number of nitrogens with zero attached hydrogens (tertiary/aromatic N) is 1. The highest BCUT2D eigenvalue weighted by Crippen LogP contribution is 2.69. The first-order valence-electron chi connectivity index (χ1n) is 9.88. The van der Waals surface area contributed by atoms with Gasteiger partial charge in [0, 0.05) is 26.1 Å². The monoisotopic (exact) mass is 332 g/mol. The number of nitrogens with one attached hydrogen (secondary N) is 1. The van der Waals surface area contributed by atoms with Crippen LogP contribution in [0.4, 0.5) is 0 Å². The third-order valence-corrected chi connectivity index (χ3v) is 7.17. The van der Waals surface area contributed by atoms with Gasteiger partial charge < -0.3 is 10.2 Å². The molecule has 5 fully saturated rings. The lowest BCUT2D eigenvalue weighted by Gasteiger charge is -2.64. The number of amides is 2. The molecule has 24 heavy (non-hydrogen) atoms. The maximum Gasteiger partial charge on any atom is 0.226 e. The molecule has 1 saturated heterocycles. The second kappa shape index (κ2) is 5.47. The fraction of sp³-hybridized carbons (Fsp3) is 0.900. The zero-order valence-electron chi connectivity index (χ0n) is 15.3. The molecule has 1 N–H and O–H groups in total. The SMILES string of the molecule is CC12CC3CC(C)(C1)CC(C(=O)NCCCN1CCCC1=O)(C3)C2. The van der Waals surface area contributed by atoms with Crippen LogP contribution in [0.5, 0.6) is 0 Å². The normalized spacial score (nSPS) is 43.5. The Bertz CT molecular complexity index is 540. The highest BCUT2D eigenvalue weighted by Gasteiger charge is 2.62. The van der Waals surface area contributed by atoms with Gasteiger partial charge in [-0.3, -0.25) is 9.59 Å². The Balaban J connectivity index is 1.34. The molecule has 1 aliphatic heterocycles. The first kappa shape index (κ1) is 16.4. The summed E-state index contributed by atoms with van der Waals surface area (Å²) in [5.41, 5.74) is 0.660. The number of rotatable bonds is 5. The van der Waals surface area contributed by atoms with Crippen molar-refractivity contribution in [1.82, 2.24) is 10.2 Å². The maximum atomic E-state index is 13.0. The third kappa shape index (κ3) is 2.76. The van der Waals surface area contributed by atoms with Crippen LogP contribution in [-0.4, -0.2) is 36.3 Å². The largest absolute Gasteiger partial charge is 0.356 e. The summed E-state index contributed by atoms with van der Waals surface area (Å²) in [6.07, 6.45) is 9.82. The first-order valence-corrected chi connectivity index (χ1v) is 9.88. The van der Waals surface area contributed by atoms with Crippen LogP contribution < -0.4 is 5.32 Å². The van der Waals surface area contributed by atoms with E-state index in [4.69, 9.17) is 0 Å². The van der Waals surface area contributed by atoms with Crippen LogP contribution in [-0.2, 0) is 9.59 Å². The van der Waals surface area contributed by atoms with E-state index in [1.165, 1.54) is 19.3 Å². The summed E-state index contributed by atoms with van der Waals surface area (Å²) >= 11 is 0. The van der Waals surface area contributed by atoms with Gasteiger partial charge in [-0.2, -0.15) is 0 Å². The Morgan fingerprint density at radius 3 is 2.46 bits per heavy atom. The lowest BCUT2D eigenvalue weighted by molar-refractivity contribution is -0.170. The van der Waals surface area contributed by atoms with Crippen molar-refractivity contribution in [2.45, 2.75) is 71.6 Å². The summed E-state index contributed by atoms with van der Waals surface area (Å²) in [4.78, 5) is 26.6. The Labute approximate surface area is 145 Å². The minimum absolute atomic E-state index is 0.105. The zero-order valence-corrected chi connectivity index (χ0v) is 15.3. The van der Waals surface area contributed by atoms with Gasteiger partial charge in [0.15, 0.2) is 0 Å². The van der Waals surface area contributed by atoms with Crippen molar-refractivity contribution < 1.29 is 9.59 Å². The molecular weight excluding hydrogens is 300 g/mol. The fourth-order valence-electron chi connectivity index (χ4n) is 7.30. The van der Waals surface area contributed by atoms with Crippen LogP contribution in [0.2, 0.25) is 0 Å². The fourth-order valence-corrected chi connectivity index (χ4v) is 7.30. The van der Waals surface area contributed by atoms with E-state index < -0.39 is 0 Å². The summed E-state index contributed by atoms with van der Waals surface area (Å²) < 4.78 is 0. The predicted octanol–water partition coefficient (Wildman–Crippen LogP) is 3.11. The molecule has 5 rings (SSSR count). The van der Waals surface area contributed by atoms with Crippen LogP contribution in [0.25, 0.3) is 0 Å². The summed E-state index contributed by atoms with van der Waals surface area (Å²) in [6, 6.07) is 0. The minimum Gasteiger partial charge on any atom is -0.356 e. The van der Waals surface area contributed by atoms with Gasteiger partial charge in [0.2, 0.25) is 11.8 Å². The number of hydrogen-bond acceptors (Lipinski definition) is 2. The molecule has 5 aliphatic rings. The van der Waals surface area contributed by atoms with Gasteiger partial charge in [0.1, 0.15) is 0 Å². The van der Waals surface area contributed by atoms with Crippen molar-refractivity contribution in [3.05, 3.63) is 0 Å². The van der Waals surface area contributed by atoms with Gasteiger partial charge in [0.25, 0.3) is 0 Å². The lowest BCUT2D eigenvalue weighted by atomic mass is 9.40. The van der Waals surface area contributed by atoms with Crippen molar-refractivity contribution in [3.8, 4) is 0 Å². The lowest BCUT2D eigenvalue weighted by Crippen LogP contribution is -2.60. The summed E-state index contributed by atoms with van der Waals surface area (Å²) in [5.74, 6) is 1.34. The maximum absolute atomic E-state index is 13.0. The quantitative estimate of drug-likeness (QED) is 0.787. The number of carbonyl (C=O) groups is 2. The number of hydrogen-bond donors (Lipinski definition) is 1. The summed E-state index contributed by atoms with van der Waals surface area (Å²) in [6.45, 7) is 7.23. The molecule has 4 nitrogen and oxygen atoms in total. The van der Waals surface area contributed by atoms with Crippen molar-refractivity contribution in [3.63, 3.8) is 0 Å². The van der Waals surface area contributed by atoms with Crippen LogP contribution in [0.1, 0.15) is 71.6 Å². The van der Waals surface area contributed by atoms with Gasteiger partial charge >= 0.3 is 0 Å². The molecule has 2 unspecified atom stereocenters. The minimum atomic E-state index is -0.105. The predicted molar refractivity (Wildman–Crippen MR) is 93.3 cm³/mol. The van der Waals surface area contributed by atoms with Gasteiger partial charge in [-0.15, -0.1) is 0 Å². The summed E-state index contributed by atoms with van der Waals surface area (Å²) in [7, 11) is 0. The van der Waals surface area contributed by atoms with Gasteiger partial charge in [-0.05, 0) is 68.1 Å². The van der Waals surface area contributed by atoms with Crippen LogP contribution in [0, 0.1) is 22.2 Å². The van der Waals surface area contributed by atoms with Crippen molar-refractivity contribution in [2.75, 3.05) is 19.6 Å². The van der Waals surface area contributed by atoms with E-state index in [1.54, 1.807) is 0 Å². The van der Waals surface area contributed by atoms with Crippen molar-refractivity contribution in [2.24, 2.45) is 22.2 Å². The van der Waals surface area contributed by atoms with E-state index in [-0.39, 0.29) is 11.3 Å². The standard InChI is InChI=1S/C20H32N2O2/c1-18-9-15-10-19(2,12-18)14-20(11-15,13-18)17(24)21-6-4-8-22-7-3-5-16(22)23/h15H,3-14H2,1-2H3,(H,21,24). The molecule has 0 aromatic carbocycles. The molecule has 0 aromatic rings. The van der Waals surface area contributed by atoms with E-state index in [9.17, 15) is 9.59 Å².